The molecular weight excluding hydrogens is 831 g/mol. The SMILES string of the molecule is C=C1C(=O)N[C@H](C)C(=O)N[C@@H](C(C)C)C(=O)N[C@@H](C(=O)O)[C@H](C)C(=O)N[C@@H](C)C(=O)N[C@@H](/C=C/C(C)=C[C@H](C)[C@H](Cc2ccccc2)OC)[C@H](C)C(=O)N[C@@H](C(=O)O)CCC(=O)N1C. The molecule has 1 fully saturated rings. The number of carbonyl (C=O) groups is 9. The highest BCUT2D eigenvalue weighted by atomic mass is 16.5. The molecule has 1 aromatic carbocycles. The van der Waals surface area contributed by atoms with Crippen LogP contribution >= 0.6 is 0 Å². The van der Waals surface area contributed by atoms with Crippen LogP contribution in [0.25, 0.3) is 0 Å². The lowest BCUT2D eigenvalue weighted by molar-refractivity contribution is -0.147. The average Bonchev–Trinajstić information content (AvgIpc) is 3.24. The number of amides is 7. The maximum absolute atomic E-state index is 13.7. The lowest BCUT2D eigenvalue weighted by atomic mass is 9.94. The molecule has 0 unspecified atom stereocenters. The Balaban J connectivity index is 2.57. The number of hydrogen-bond acceptors (Lipinski definition) is 10. The number of carboxylic acids is 2. The van der Waals surface area contributed by atoms with Crippen molar-refractivity contribution in [3.05, 3.63) is 72.0 Å². The van der Waals surface area contributed by atoms with Crippen molar-refractivity contribution in [1.82, 2.24) is 36.8 Å². The number of benzene rings is 1. The summed E-state index contributed by atoms with van der Waals surface area (Å²) in [5.74, 6) is -12.4. The maximum Gasteiger partial charge on any atom is 0.327 e. The van der Waals surface area contributed by atoms with Gasteiger partial charge in [0.05, 0.1) is 24.0 Å². The van der Waals surface area contributed by atoms with Crippen molar-refractivity contribution in [3.8, 4) is 0 Å². The van der Waals surface area contributed by atoms with E-state index in [9.17, 15) is 53.4 Å². The zero-order chi connectivity index (χ0) is 48.6. The quantitative estimate of drug-likeness (QED) is 0.122. The largest absolute Gasteiger partial charge is 0.480 e. The number of rotatable bonds is 10. The fourth-order valence-corrected chi connectivity index (χ4v) is 6.62. The molecular formula is C45H65N7O12. The van der Waals surface area contributed by atoms with Gasteiger partial charge in [0.1, 0.15) is 35.9 Å². The second-order valence-electron chi connectivity index (χ2n) is 16.5. The van der Waals surface area contributed by atoms with Crippen LogP contribution in [0.15, 0.2) is 66.4 Å². The number of nitrogens with zero attached hydrogens (tertiary/aromatic N) is 1. The van der Waals surface area contributed by atoms with Crippen LogP contribution in [0.3, 0.4) is 0 Å². The molecule has 1 aliphatic rings. The molecule has 7 amide bonds. The van der Waals surface area contributed by atoms with Crippen molar-refractivity contribution in [2.45, 2.75) is 117 Å². The van der Waals surface area contributed by atoms with Gasteiger partial charge in [-0.3, -0.25) is 33.6 Å². The van der Waals surface area contributed by atoms with Crippen molar-refractivity contribution >= 4 is 53.3 Å². The summed E-state index contributed by atoms with van der Waals surface area (Å²) in [4.78, 5) is 119. The van der Waals surface area contributed by atoms with Crippen molar-refractivity contribution in [2.24, 2.45) is 23.7 Å². The van der Waals surface area contributed by atoms with Crippen molar-refractivity contribution in [1.29, 1.82) is 0 Å². The lowest BCUT2D eigenvalue weighted by Crippen LogP contribution is -2.59. The van der Waals surface area contributed by atoms with Crippen molar-refractivity contribution in [3.63, 3.8) is 0 Å². The van der Waals surface area contributed by atoms with Crippen LogP contribution in [-0.2, 0) is 54.3 Å². The van der Waals surface area contributed by atoms with E-state index in [4.69, 9.17) is 4.74 Å². The summed E-state index contributed by atoms with van der Waals surface area (Å²) in [6, 6.07) is 1.32. The molecule has 10 atom stereocenters. The molecule has 1 heterocycles. The number of carbonyl (C=O) groups excluding carboxylic acids is 7. The Morgan fingerprint density at radius 1 is 0.797 bits per heavy atom. The molecule has 64 heavy (non-hydrogen) atoms. The van der Waals surface area contributed by atoms with E-state index in [2.05, 4.69) is 38.5 Å². The van der Waals surface area contributed by atoms with E-state index < -0.39 is 126 Å². The van der Waals surface area contributed by atoms with Crippen LogP contribution in [0, 0.1) is 23.7 Å². The van der Waals surface area contributed by atoms with Gasteiger partial charge in [-0.1, -0.05) is 95.3 Å². The van der Waals surface area contributed by atoms with Crippen molar-refractivity contribution in [2.75, 3.05) is 14.2 Å². The molecule has 1 aliphatic heterocycles. The number of allylic oxidation sites excluding steroid dienone is 2. The Morgan fingerprint density at radius 2 is 1.38 bits per heavy atom. The molecule has 1 aromatic rings. The molecule has 0 spiro atoms. The fraction of sp³-hybridized carbons (Fsp3) is 0.533. The standard InChI is InChI=1S/C45H65N7O12/c1-23(2)36-43(59)51-37(45(62)63)27(6)39(55)46-28(7)40(56)48-32(18-17-24(3)21-25(4)34(64-11)22-31-15-13-12-14-16-31)26(5)38(54)49-33(44(60)61)19-20-35(53)52(10)30(9)42(58)47-29(8)41(57)50-36/h12-18,21,23,25-29,32-34,36-37H,9,19-20,22H2,1-8,10-11H3,(H,46,55)(H,47,58)(H,48,56)(H,49,54)(H,50,57)(H,51,59)(H,60,61)(H,62,63)/b18-17+,24-21?/t25-,26-,27-,28-,29+,32-,33+,34-,36-,37+/m0/s1. The smallest absolute Gasteiger partial charge is 0.327 e. The normalized spacial score (nSPS) is 26.9. The van der Waals surface area contributed by atoms with Gasteiger partial charge in [0, 0.05) is 26.5 Å². The highest BCUT2D eigenvalue weighted by Gasteiger charge is 2.37. The van der Waals surface area contributed by atoms with Crippen LogP contribution in [0.4, 0.5) is 0 Å². The van der Waals surface area contributed by atoms with Gasteiger partial charge in [-0.05, 0) is 45.1 Å². The third-order valence-corrected chi connectivity index (χ3v) is 11.0. The van der Waals surface area contributed by atoms with Gasteiger partial charge in [0.25, 0.3) is 5.91 Å². The number of hydrogen-bond donors (Lipinski definition) is 8. The lowest BCUT2D eigenvalue weighted by Gasteiger charge is -2.28. The minimum atomic E-state index is -1.83. The van der Waals surface area contributed by atoms with Gasteiger partial charge in [-0.15, -0.1) is 0 Å². The number of nitrogens with one attached hydrogen (secondary N) is 6. The summed E-state index contributed by atoms with van der Waals surface area (Å²) < 4.78 is 5.78. The second-order valence-corrected chi connectivity index (χ2v) is 16.5. The molecule has 19 heteroatoms. The first-order valence-electron chi connectivity index (χ1n) is 21.1. The van der Waals surface area contributed by atoms with E-state index in [-0.39, 0.29) is 12.0 Å². The summed E-state index contributed by atoms with van der Waals surface area (Å²) in [7, 11) is 2.83. The first-order valence-corrected chi connectivity index (χ1v) is 21.1. The fourth-order valence-electron chi connectivity index (χ4n) is 6.62. The van der Waals surface area contributed by atoms with Gasteiger partial charge in [0.2, 0.25) is 35.4 Å². The van der Waals surface area contributed by atoms with Gasteiger partial charge in [-0.25, -0.2) is 9.59 Å². The average molecular weight is 896 g/mol. The Morgan fingerprint density at radius 3 is 1.94 bits per heavy atom. The third-order valence-electron chi connectivity index (χ3n) is 11.0. The molecule has 352 valence electrons. The summed E-state index contributed by atoms with van der Waals surface area (Å²) in [6.45, 7) is 15.8. The second kappa shape index (κ2) is 25.1. The summed E-state index contributed by atoms with van der Waals surface area (Å²) in [5, 5.41) is 34.8. The van der Waals surface area contributed by atoms with Gasteiger partial charge in [-0.2, -0.15) is 0 Å². The summed E-state index contributed by atoms with van der Waals surface area (Å²) in [6.07, 6.45) is 4.74. The highest BCUT2D eigenvalue weighted by molar-refractivity contribution is 6.00. The monoisotopic (exact) mass is 895 g/mol. The maximum atomic E-state index is 13.7. The van der Waals surface area contributed by atoms with Crippen molar-refractivity contribution < 1.29 is 58.1 Å². The van der Waals surface area contributed by atoms with E-state index >= 15 is 0 Å². The predicted molar refractivity (Wildman–Crippen MR) is 236 cm³/mol. The summed E-state index contributed by atoms with van der Waals surface area (Å²) in [5.41, 5.74) is 1.41. The van der Waals surface area contributed by atoms with Gasteiger partial charge < -0.3 is 51.8 Å². The first-order chi connectivity index (χ1) is 29.9. The molecule has 0 aliphatic carbocycles. The Bertz CT molecular complexity index is 1950. The van der Waals surface area contributed by atoms with Crippen LogP contribution in [0.1, 0.15) is 73.8 Å². The van der Waals surface area contributed by atoms with Crippen LogP contribution in [-0.4, -0.2) is 125 Å². The topological polar surface area (TPSA) is 279 Å². The minimum Gasteiger partial charge on any atom is -0.480 e. The molecule has 2 rings (SSSR count). The Kier molecular flexibility index (Phi) is 21.1. The molecule has 19 nitrogen and oxygen atoms in total. The Hall–Kier alpha value is -6.37. The molecule has 0 bridgehead atoms. The van der Waals surface area contributed by atoms with Crippen LogP contribution in [0.5, 0.6) is 0 Å². The highest BCUT2D eigenvalue weighted by Crippen LogP contribution is 2.18. The minimum absolute atomic E-state index is 0.0873. The Labute approximate surface area is 374 Å². The number of carboxylic acid groups (broad SMARTS) is 2. The van der Waals surface area contributed by atoms with E-state index in [1.807, 2.05) is 50.3 Å². The summed E-state index contributed by atoms with van der Waals surface area (Å²) >= 11 is 0. The van der Waals surface area contributed by atoms with Crippen LogP contribution < -0.4 is 31.9 Å². The molecule has 0 aromatic heterocycles. The van der Waals surface area contributed by atoms with E-state index in [1.54, 1.807) is 27.0 Å². The zero-order valence-corrected chi connectivity index (χ0v) is 38.2. The zero-order valence-electron chi connectivity index (χ0n) is 38.2. The van der Waals surface area contributed by atoms with Crippen LogP contribution in [0.2, 0.25) is 0 Å². The van der Waals surface area contributed by atoms with E-state index in [0.717, 1.165) is 16.0 Å². The van der Waals surface area contributed by atoms with E-state index in [1.165, 1.54) is 40.8 Å². The molecule has 0 radical (unpaired) electrons. The predicted octanol–water partition coefficient (Wildman–Crippen LogP) is 1.19. The number of aliphatic carboxylic acids is 2. The molecule has 0 saturated carbocycles. The third kappa shape index (κ3) is 16.1. The van der Waals surface area contributed by atoms with Gasteiger partial charge >= 0.3 is 11.9 Å². The number of ether oxygens (including phenoxy) is 1. The molecule has 8 N–H and O–H groups in total. The van der Waals surface area contributed by atoms with E-state index in [0.29, 0.717) is 6.42 Å². The van der Waals surface area contributed by atoms with Gasteiger partial charge in [0.15, 0.2) is 0 Å². The molecule has 1 saturated heterocycles. The first kappa shape index (κ1) is 53.8. The number of methoxy groups -OCH3 is 1. The number of likely N-dealkylation sites (N-methyl/N-ethyl adjacent to an activating group) is 1.